The largest absolute Gasteiger partial charge is 0.493 e. The first-order valence-electron chi connectivity index (χ1n) is 5.30. The van der Waals surface area contributed by atoms with Gasteiger partial charge in [0.2, 0.25) is 0 Å². The molecule has 0 spiro atoms. The van der Waals surface area contributed by atoms with Gasteiger partial charge in [-0.2, -0.15) is 13.2 Å². The van der Waals surface area contributed by atoms with Crippen LogP contribution in [0.1, 0.15) is 25.3 Å². The van der Waals surface area contributed by atoms with Crippen LogP contribution >= 0.6 is 0 Å². The van der Waals surface area contributed by atoms with Gasteiger partial charge in [0.15, 0.2) is 0 Å². The van der Waals surface area contributed by atoms with Gasteiger partial charge in [-0.3, -0.25) is 0 Å². The lowest BCUT2D eigenvalue weighted by molar-refractivity contribution is -0.139. The monoisotopic (exact) mass is 232 g/mol. The summed E-state index contributed by atoms with van der Waals surface area (Å²) in [5.41, 5.74) is 1.17. The fourth-order valence-electron chi connectivity index (χ4n) is 1.33. The molecule has 0 aliphatic heterocycles. The molecule has 0 aliphatic carbocycles. The Morgan fingerprint density at radius 3 is 2.25 bits per heavy atom. The molecule has 0 amide bonds. The number of hydrogen-bond donors (Lipinski definition) is 0. The predicted molar refractivity (Wildman–Crippen MR) is 56.6 cm³/mol. The van der Waals surface area contributed by atoms with Crippen LogP contribution in [-0.4, -0.2) is 12.8 Å². The maximum Gasteiger partial charge on any atom is 0.392 e. The lowest BCUT2D eigenvalue weighted by atomic mass is 10.1. The summed E-state index contributed by atoms with van der Waals surface area (Å²) in [5.74, 6) is 0.490. The molecule has 1 rings (SSSR count). The lowest BCUT2D eigenvalue weighted by Gasteiger charge is -2.08. The number of hydrogen-bond acceptors (Lipinski definition) is 1. The summed E-state index contributed by atoms with van der Waals surface area (Å²) >= 11 is 0. The maximum atomic E-state index is 11.8. The highest BCUT2D eigenvalue weighted by molar-refractivity contribution is 5.27. The average molecular weight is 232 g/mol. The van der Waals surface area contributed by atoms with Gasteiger partial charge in [0.25, 0.3) is 0 Å². The van der Waals surface area contributed by atoms with Crippen LogP contribution in [0.2, 0.25) is 0 Å². The zero-order chi connectivity index (χ0) is 12.0. The van der Waals surface area contributed by atoms with Crippen molar-refractivity contribution in [2.24, 2.45) is 0 Å². The van der Waals surface area contributed by atoms with E-state index < -0.39 is 12.6 Å². The molecular formula is C12H15F3O. The summed E-state index contributed by atoms with van der Waals surface area (Å²) in [7, 11) is 0. The number of aryl methyl sites for hydroxylation is 1. The van der Waals surface area contributed by atoms with Gasteiger partial charge in [0, 0.05) is 0 Å². The SMILES string of the molecule is CCCc1ccc(OCCC(F)(F)F)cc1. The molecule has 0 radical (unpaired) electrons. The van der Waals surface area contributed by atoms with Crippen molar-refractivity contribution >= 4 is 0 Å². The topological polar surface area (TPSA) is 9.23 Å². The van der Waals surface area contributed by atoms with Gasteiger partial charge >= 0.3 is 6.18 Å². The van der Waals surface area contributed by atoms with Crippen LogP contribution in [0, 0.1) is 0 Å². The molecule has 0 aromatic heterocycles. The van der Waals surface area contributed by atoms with Gasteiger partial charge in [0.1, 0.15) is 5.75 Å². The number of benzene rings is 1. The predicted octanol–water partition coefficient (Wildman–Crippen LogP) is 3.97. The van der Waals surface area contributed by atoms with Crippen molar-refractivity contribution in [1.29, 1.82) is 0 Å². The molecule has 0 unspecified atom stereocenters. The summed E-state index contributed by atoms with van der Waals surface area (Å²) in [5, 5.41) is 0. The Balaban J connectivity index is 2.37. The quantitative estimate of drug-likeness (QED) is 0.746. The molecule has 0 fully saturated rings. The molecule has 0 heterocycles. The van der Waals surface area contributed by atoms with Crippen LogP contribution in [-0.2, 0) is 6.42 Å². The molecule has 0 bridgehead atoms. The third-order valence-electron chi connectivity index (χ3n) is 2.12. The van der Waals surface area contributed by atoms with Gasteiger partial charge in [-0.15, -0.1) is 0 Å². The molecule has 0 saturated carbocycles. The van der Waals surface area contributed by atoms with Gasteiger partial charge in [-0.05, 0) is 24.1 Å². The summed E-state index contributed by atoms with van der Waals surface area (Å²) in [6.07, 6.45) is -3.04. The molecule has 90 valence electrons. The molecule has 0 atom stereocenters. The maximum absolute atomic E-state index is 11.8. The second-order valence-electron chi connectivity index (χ2n) is 3.61. The molecule has 0 N–H and O–H groups in total. The van der Waals surface area contributed by atoms with Crippen molar-refractivity contribution in [2.45, 2.75) is 32.4 Å². The van der Waals surface area contributed by atoms with Crippen LogP contribution in [0.4, 0.5) is 13.2 Å². The van der Waals surface area contributed by atoms with E-state index in [0.717, 1.165) is 12.8 Å². The average Bonchev–Trinajstić information content (AvgIpc) is 2.19. The molecular weight excluding hydrogens is 217 g/mol. The van der Waals surface area contributed by atoms with E-state index in [1.807, 2.05) is 12.1 Å². The zero-order valence-corrected chi connectivity index (χ0v) is 9.18. The minimum absolute atomic E-state index is 0.323. The van der Waals surface area contributed by atoms with Gasteiger partial charge in [-0.1, -0.05) is 25.5 Å². The molecule has 0 aliphatic rings. The second kappa shape index (κ2) is 5.77. The van der Waals surface area contributed by atoms with Gasteiger partial charge < -0.3 is 4.74 Å². The summed E-state index contributed by atoms with van der Waals surface area (Å²) in [6.45, 7) is 1.75. The fourth-order valence-corrected chi connectivity index (χ4v) is 1.33. The summed E-state index contributed by atoms with van der Waals surface area (Å²) < 4.78 is 40.5. The van der Waals surface area contributed by atoms with E-state index >= 15 is 0 Å². The lowest BCUT2D eigenvalue weighted by Crippen LogP contribution is -2.12. The zero-order valence-electron chi connectivity index (χ0n) is 9.18. The van der Waals surface area contributed by atoms with Crippen LogP contribution in [0.15, 0.2) is 24.3 Å². The smallest absolute Gasteiger partial charge is 0.392 e. The van der Waals surface area contributed by atoms with Crippen LogP contribution in [0.3, 0.4) is 0 Å². The number of alkyl halides is 3. The van der Waals surface area contributed by atoms with Crippen molar-refractivity contribution < 1.29 is 17.9 Å². The van der Waals surface area contributed by atoms with E-state index in [-0.39, 0.29) is 6.61 Å². The third kappa shape index (κ3) is 5.05. The van der Waals surface area contributed by atoms with E-state index in [1.165, 1.54) is 5.56 Å². The van der Waals surface area contributed by atoms with Crippen molar-refractivity contribution in [3.8, 4) is 5.75 Å². The Labute approximate surface area is 93.2 Å². The Morgan fingerprint density at radius 1 is 1.12 bits per heavy atom. The van der Waals surface area contributed by atoms with Gasteiger partial charge in [0.05, 0.1) is 13.0 Å². The number of rotatable bonds is 5. The second-order valence-corrected chi connectivity index (χ2v) is 3.61. The fraction of sp³-hybridized carbons (Fsp3) is 0.500. The van der Waals surface area contributed by atoms with Gasteiger partial charge in [-0.25, -0.2) is 0 Å². The summed E-state index contributed by atoms with van der Waals surface area (Å²) in [6, 6.07) is 7.18. The van der Waals surface area contributed by atoms with Crippen molar-refractivity contribution in [3.05, 3.63) is 29.8 Å². The Hall–Kier alpha value is -1.19. The first-order chi connectivity index (χ1) is 7.51. The molecule has 1 aromatic rings. The third-order valence-corrected chi connectivity index (χ3v) is 2.12. The molecule has 4 heteroatoms. The van der Waals surface area contributed by atoms with Crippen LogP contribution in [0.25, 0.3) is 0 Å². The Kier molecular flexibility index (Phi) is 4.65. The van der Waals surface area contributed by atoms with Crippen molar-refractivity contribution in [1.82, 2.24) is 0 Å². The van der Waals surface area contributed by atoms with E-state index in [1.54, 1.807) is 12.1 Å². The first kappa shape index (κ1) is 12.9. The first-order valence-corrected chi connectivity index (χ1v) is 5.30. The highest BCUT2D eigenvalue weighted by atomic mass is 19.4. The number of halogens is 3. The molecule has 1 aromatic carbocycles. The van der Waals surface area contributed by atoms with E-state index in [4.69, 9.17) is 4.74 Å². The van der Waals surface area contributed by atoms with Crippen molar-refractivity contribution in [3.63, 3.8) is 0 Å². The highest BCUT2D eigenvalue weighted by Crippen LogP contribution is 2.20. The Morgan fingerprint density at radius 2 is 1.75 bits per heavy atom. The van der Waals surface area contributed by atoms with Crippen molar-refractivity contribution in [2.75, 3.05) is 6.61 Å². The van der Waals surface area contributed by atoms with E-state index in [0.29, 0.717) is 5.75 Å². The minimum Gasteiger partial charge on any atom is -0.493 e. The van der Waals surface area contributed by atoms with E-state index in [2.05, 4.69) is 6.92 Å². The van der Waals surface area contributed by atoms with Crippen LogP contribution < -0.4 is 4.74 Å². The van der Waals surface area contributed by atoms with E-state index in [9.17, 15) is 13.2 Å². The molecule has 16 heavy (non-hydrogen) atoms. The normalized spacial score (nSPS) is 11.5. The highest BCUT2D eigenvalue weighted by Gasteiger charge is 2.26. The van der Waals surface area contributed by atoms with Crippen LogP contribution in [0.5, 0.6) is 5.75 Å². The molecule has 1 nitrogen and oxygen atoms in total. The molecule has 0 saturated heterocycles. The summed E-state index contributed by atoms with van der Waals surface area (Å²) in [4.78, 5) is 0. The number of ether oxygens (including phenoxy) is 1. The standard InChI is InChI=1S/C12H15F3O/c1-2-3-10-4-6-11(7-5-10)16-9-8-12(13,14)15/h4-7H,2-3,8-9H2,1H3. The Bertz CT molecular complexity index is 303. The minimum atomic E-state index is -4.15.